The Hall–Kier alpha value is -3.64. The van der Waals surface area contributed by atoms with Gasteiger partial charge in [-0.25, -0.2) is 9.08 Å². The Labute approximate surface area is 182 Å². The fraction of sp³-hybridized carbons (Fsp3) is 0.125. The van der Waals surface area contributed by atoms with Gasteiger partial charge in [0.2, 0.25) is 5.78 Å². The molecule has 31 heavy (non-hydrogen) atoms. The number of fused-ring (bicyclic) bond motifs is 3. The topological polar surface area (TPSA) is 61.3 Å². The average Bonchev–Trinajstić information content (AvgIpc) is 3.08. The maximum Gasteiger partial charge on any atom is 0.333 e. The summed E-state index contributed by atoms with van der Waals surface area (Å²) in [5.41, 5.74) is 3.28. The number of aryl methyl sites for hydroxylation is 1. The number of hydrogen-bond donors (Lipinski definition) is 0. The number of aromatic nitrogens is 4. The minimum Gasteiger partial charge on any atom is -0.304 e. The molecule has 0 spiro atoms. The zero-order valence-electron chi connectivity index (χ0n) is 16.8. The third-order valence-corrected chi connectivity index (χ3v) is 5.64. The Balaban J connectivity index is 1.73. The van der Waals surface area contributed by atoms with Crippen LogP contribution in [0.15, 0.2) is 82.4 Å². The number of benzene rings is 3. The summed E-state index contributed by atoms with van der Waals surface area (Å²) in [6.45, 7) is 2.72. The van der Waals surface area contributed by atoms with Crippen LogP contribution < -0.4 is 11.1 Å². The van der Waals surface area contributed by atoms with Crippen LogP contribution in [-0.2, 0) is 13.1 Å². The molecule has 0 fully saturated rings. The van der Waals surface area contributed by atoms with Gasteiger partial charge in [-0.05, 0) is 42.3 Å². The molecule has 5 rings (SSSR count). The van der Waals surface area contributed by atoms with Crippen LogP contribution in [0.25, 0.3) is 16.8 Å². The highest BCUT2D eigenvalue weighted by Crippen LogP contribution is 2.20. The molecule has 3 aromatic carbocycles. The maximum absolute atomic E-state index is 13.1. The zero-order valence-corrected chi connectivity index (χ0v) is 17.6. The van der Waals surface area contributed by atoms with Crippen molar-refractivity contribution in [3.05, 3.63) is 115 Å². The molecule has 0 unspecified atom stereocenters. The lowest BCUT2D eigenvalue weighted by atomic mass is 10.1. The Bertz CT molecular complexity index is 1530. The summed E-state index contributed by atoms with van der Waals surface area (Å²) in [4.78, 5) is 25.9. The van der Waals surface area contributed by atoms with E-state index in [9.17, 15) is 9.59 Å². The molecule has 6 nitrogen and oxygen atoms in total. The first kappa shape index (κ1) is 19.3. The van der Waals surface area contributed by atoms with Crippen molar-refractivity contribution in [3.8, 4) is 0 Å². The number of rotatable bonds is 4. The first-order valence-corrected chi connectivity index (χ1v) is 10.3. The molecule has 0 aliphatic rings. The van der Waals surface area contributed by atoms with Crippen LogP contribution in [-0.4, -0.2) is 18.7 Å². The quantitative estimate of drug-likeness (QED) is 0.407. The van der Waals surface area contributed by atoms with E-state index < -0.39 is 11.1 Å². The SMILES string of the molecule is Cc1ccc(Cn2nc3n(Cc4ccc(Cl)cc4)c4ccccc4n3c(=O)c2=O)cc1. The summed E-state index contributed by atoms with van der Waals surface area (Å²) in [5, 5.41) is 5.27. The van der Waals surface area contributed by atoms with E-state index in [1.807, 2.05) is 84.3 Å². The molecule has 0 aliphatic carbocycles. The van der Waals surface area contributed by atoms with Crippen molar-refractivity contribution in [3.63, 3.8) is 0 Å². The molecule has 0 saturated heterocycles. The van der Waals surface area contributed by atoms with Crippen molar-refractivity contribution in [2.24, 2.45) is 0 Å². The molecule has 5 aromatic rings. The molecule has 7 heteroatoms. The second-order valence-electron chi connectivity index (χ2n) is 7.59. The fourth-order valence-corrected chi connectivity index (χ4v) is 3.90. The number of imidazole rings is 1. The van der Waals surface area contributed by atoms with E-state index in [-0.39, 0.29) is 6.54 Å². The van der Waals surface area contributed by atoms with Gasteiger partial charge in [0.25, 0.3) is 0 Å². The monoisotopic (exact) mass is 430 g/mol. The first-order valence-electron chi connectivity index (χ1n) is 9.92. The largest absolute Gasteiger partial charge is 0.333 e. The van der Waals surface area contributed by atoms with Gasteiger partial charge in [-0.15, -0.1) is 5.10 Å². The van der Waals surface area contributed by atoms with E-state index in [0.29, 0.717) is 22.9 Å². The minimum absolute atomic E-state index is 0.229. The lowest BCUT2D eigenvalue weighted by Gasteiger charge is -2.09. The van der Waals surface area contributed by atoms with E-state index >= 15 is 0 Å². The second-order valence-corrected chi connectivity index (χ2v) is 8.03. The molecule has 2 heterocycles. The zero-order chi connectivity index (χ0) is 21.5. The van der Waals surface area contributed by atoms with Crippen molar-refractivity contribution in [2.45, 2.75) is 20.0 Å². The van der Waals surface area contributed by atoms with Gasteiger partial charge in [0, 0.05) is 5.02 Å². The Morgan fingerprint density at radius 2 is 1.39 bits per heavy atom. The number of halogens is 1. The summed E-state index contributed by atoms with van der Waals surface area (Å²) in [6.07, 6.45) is 0. The smallest absolute Gasteiger partial charge is 0.304 e. The van der Waals surface area contributed by atoms with Gasteiger partial charge in [0.15, 0.2) is 0 Å². The summed E-state index contributed by atoms with van der Waals surface area (Å²) in [7, 11) is 0. The molecule has 0 amide bonds. The first-order chi connectivity index (χ1) is 15.0. The van der Waals surface area contributed by atoms with Gasteiger partial charge < -0.3 is 4.57 Å². The van der Waals surface area contributed by atoms with Gasteiger partial charge >= 0.3 is 11.1 Å². The van der Waals surface area contributed by atoms with Crippen LogP contribution in [0.2, 0.25) is 5.02 Å². The van der Waals surface area contributed by atoms with Crippen molar-refractivity contribution in [1.29, 1.82) is 0 Å². The summed E-state index contributed by atoms with van der Waals surface area (Å²) >= 11 is 6.03. The van der Waals surface area contributed by atoms with Crippen molar-refractivity contribution >= 4 is 28.4 Å². The summed E-state index contributed by atoms with van der Waals surface area (Å²) in [5.74, 6) is 0.424. The Morgan fingerprint density at radius 1 is 0.774 bits per heavy atom. The highest BCUT2D eigenvalue weighted by Gasteiger charge is 2.17. The molecule has 0 N–H and O–H groups in total. The van der Waals surface area contributed by atoms with Gasteiger partial charge in [0.05, 0.1) is 24.1 Å². The second kappa shape index (κ2) is 7.56. The molecule has 154 valence electrons. The van der Waals surface area contributed by atoms with Crippen molar-refractivity contribution in [1.82, 2.24) is 18.7 Å². The van der Waals surface area contributed by atoms with Crippen LogP contribution >= 0.6 is 11.6 Å². The van der Waals surface area contributed by atoms with Crippen molar-refractivity contribution < 1.29 is 0 Å². The predicted octanol–water partition coefficient (Wildman–Crippen LogP) is 3.87. The van der Waals surface area contributed by atoms with Crippen LogP contribution in [0, 0.1) is 6.92 Å². The minimum atomic E-state index is -0.646. The van der Waals surface area contributed by atoms with E-state index in [1.54, 1.807) is 0 Å². The lowest BCUT2D eigenvalue weighted by Crippen LogP contribution is -2.40. The normalized spacial score (nSPS) is 11.4. The molecule has 0 saturated carbocycles. The van der Waals surface area contributed by atoms with E-state index in [2.05, 4.69) is 5.10 Å². The van der Waals surface area contributed by atoms with Gasteiger partial charge in [-0.3, -0.25) is 9.59 Å². The molecule has 2 aromatic heterocycles. The van der Waals surface area contributed by atoms with E-state index in [4.69, 9.17) is 11.6 Å². The number of hydrogen-bond acceptors (Lipinski definition) is 3. The summed E-state index contributed by atoms with van der Waals surface area (Å²) in [6, 6.07) is 22.9. The van der Waals surface area contributed by atoms with Crippen LogP contribution in [0.5, 0.6) is 0 Å². The van der Waals surface area contributed by atoms with Gasteiger partial charge in [0.1, 0.15) is 0 Å². The molecular formula is C24H19ClN4O2. The fourth-order valence-electron chi connectivity index (χ4n) is 3.78. The van der Waals surface area contributed by atoms with Crippen molar-refractivity contribution in [2.75, 3.05) is 0 Å². The number of nitrogens with zero attached hydrogens (tertiary/aromatic N) is 4. The van der Waals surface area contributed by atoms with Gasteiger partial charge in [-0.2, -0.15) is 0 Å². The maximum atomic E-state index is 13.1. The van der Waals surface area contributed by atoms with Crippen LogP contribution in [0.1, 0.15) is 16.7 Å². The Kier molecular flexibility index (Phi) is 4.71. The lowest BCUT2D eigenvalue weighted by molar-refractivity contribution is 0.614. The molecule has 0 aliphatic heterocycles. The van der Waals surface area contributed by atoms with Crippen LogP contribution in [0.3, 0.4) is 0 Å². The average molecular weight is 431 g/mol. The highest BCUT2D eigenvalue weighted by atomic mass is 35.5. The number of para-hydroxylation sites is 2. The Morgan fingerprint density at radius 3 is 2.10 bits per heavy atom. The van der Waals surface area contributed by atoms with Gasteiger partial charge in [-0.1, -0.05) is 65.7 Å². The highest BCUT2D eigenvalue weighted by molar-refractivity contribution is 6.30. The third-order valence-electron chi connectivity index (χ3n) is 5.39. The van der Waals surface area contributed by atoms with E-state index in [0.717, 1.165) is 22.2 Å². The molecule has 0 bridgehead atoms. The van der Waals surface area contributed by atoms with Crippen LogP contribution in [0.4, 0.5) is 0 Å². The molecular weight excluding hydrogens is 412 g/mol. The summed E-state index contributed by atoms with van der Waals surface area (Å²) < 4.78 is 4.60. The molecule has 0 radical (unpaired) electrons. The molecule has 0 atom stereocenters. The third kappa shape index (κ3) is 3.45. The standard InChI is InChI=1S/C24H19ClN4O2/c1-16-6-8-18(9-7-16)15-28-22(30)23(31)29-21-5-3-2-4-20(21)27(24(29)26-28)14-17-10-12-19(25)13-11-17/h2-13H,14-15H2,1H3. The van der Waals surface area contributed by atoms with E-state index in [1.165, 1.54) is 9.08 Å². The predicted molar refractivity (Wildman–Crippen MR) is 122 cm³/mol.